The molecule has 1 aliphatic heterocycles. The smallest absolute Gasteiger partial charge is 0.225 e. The molecule has 0 aromatic carbocycles. The van der Waals surface area contributed by atoms with Gasteiger partial charge in [-0.3, -0.25) is 4.79 Å². The number of likely N-dealkylation sites (tertiary alicyclic amines) is 1. The Labute approximate surface area is 135 Å². The van der Waals surface area contributed by atoms with E-state index in [9.17, 15) is 9.90 Å². The van der Waals surface area contributed by atoms with Crippen molar-refractivity contribution < 1.29 is 14.6 Å². The summed E-state index contributed by atoms with van der Waals surface area (Å²) < 4.78 is 5.80. The van der Waals surface area contributed by atoms with Gasteiger partial charge < -0.3 is 14.7 Å². The van der Waals surface area contributed by atoms with Crippen molar-refractivity contribution in [3.63, 3.8) is 0 Å². The van der Waals surface area contributed by atoms with E-state index in [0.717, 1.165) is 45.2 Å². The molecule has 1 amide bonds. The number of amides is 1. The van der Waals surface area contributed by atoms with E-state index in [1.54, 1.807) is 0 Å². The second-order valence-corrected chi connectivity index (χ2v) is 7.39. The largest absolute Gasteiger partial charge is 0.392 e. The summed E-state index contributed by atoms with van der Waals surface area (Å²) in [4.78, 5) is 14.8. The Hall–Kier alpha value is -0.610. The maximum Gasteiger partial charge on any atom is 0.225 e. The van der Waals surface area contributed by atoms with Gasteiger partial charge in [-0.15, -0.1) is 0 Å². The lowest BCUT2D eigenvalue weighted by Gasteiger charge is -2.56. The van der Waals surface area contributed by atoms with E-state index >= 15 is 0 Å². The fraction of sp³-hybridized carbons (Fsp3) is 0.944. The lowest BCUT2D eigenvalue weighted by atomic mass is 9.58. The Morgan fingerprint density at radius 1 is 1.32 bits per heavy atom. The standard InChI is InChI=1S/C18H33NO3/c1-5-7-14(13(3)4)17(21)19-10-8-18(9-11-19)15(20)12-16(18)22-6-2/h13-16,20H,5-12H2,1-4H3. The molecule has 2 fully saturated rings. The molecule has 4 heteroatoms. The van der Waals surface area contributed by atoms with Crippen molar-refractivity contribution in [3.05, 3.63) is 0 Å². The van der Waals surface area contributed by atoms with Crippen LogP contribution < -0.4 is 0 Å². The molecular weight excluding hydrogens is 278 g/mol. The second-order valence-electron chi connectivity index (χ2n) is 7.39. The van der Waals surface area contributed by atoms with Gasteiger partial charge in [0.05, 0.1) is 12.2 Å². The van der Waals surface area contributed by atoms with E-state index in [2.05, 4.69) is 20.8 Å². The molecular formula is C18H33NO3. The average Bonchev–Trinajstić information content (AvgIpc) is 2.51. The van der Waals surface area contributed by atoms with Gasteiger partial charge >= 0.3 is 0 Å². The van der Waals surface area contributed by atoms with Crippen LogP contribution in [-0.2, 0) is 9.53 Å². The first-order valence-corrected chi connectivity index (χ1v) is 9.04. The van der Waals surface area contributed by atoms with Crippen LogP contribution in [0.15, 0.2) is 0 Å². The van der Waals surface area contributed by atoms with Crippen molar-refractivity contribution in [1.82, 2.24) is 4.90 Å². The minimum Gasteiger partial charge on any atom is -0.392 e. The monoisotopic (exact) mass is 311 g/mol. The number of ether oxygens (including phenoxy) is 1. The summed E-state index contributed by atoms with van der Waals surface area (Å²) in [5.41, 5.74) is -0.0924. The third-order valence-corrected chi connectivity index (χ3v) is 5.84. The van der Waals surface area contributed by atoms with Gasteiger partial charge in [0.15, 0.2) is 0 Å². The number of rotatable bonds is 6. The van der Waals surface area contributed by atoms with Crippen LogP contribution in [0.25, 0.3) is 0 Å². The van der Waals surface area contributed by atoms with Gasteiger partial charge in [0.25, 0.3) is 0 Å². The van der Waals surface area contributed by atoms with E-state index in [-0.39, 0.29) is 23.5 Å². The van der Waals surface area contributed by atoms with Crippen molar-refractivity contribution >= 4 is 5.91 Å². The highest BCUT2D eigenvalue weighted by Crippen LogP contribution is 2.51. The third kappa shape index (κ3) is 3.18. The van der Waals surface area contributed by atoms with Crippen LogP contribution in [0.3, 0.4) is 0 Å². The van der Waals surface area contributed by atoms with Crippen LogP contribution in [0.4, 0.5) is 0 Å². The summed E-state index contributed by atoms with van der Waals surface area (Å²) in [6.45, 7) is 10.7. The second kappa shape index (κ2) is 7.31. The maximum atomic E-state index is 12.8. The number of aliphatic hydroxyl groups excluding tert-OH is 1. The van der Waals surface area contributed by atoms with E-state index in [1.165, 1.54) is 0 Å². The number of hydrogen-bond acceptors (Lipinski definition) is 3. The molecule has 1 heterocycles. The molecule has 0 bridgehead atoms. The zero-order valence-electron chi connectivity index (χ0n) is 14.7. The van der Waals surface area contributed by atoms with Crippen molar-refractivity contribution in [2.45, 2.75) is 72.0 Å². The molecule has 1 saturated heterocycles. The predicted molar refractivity (Wildman–Crippen MR) is 87.5 cm³/mol. The van der Waals surface area contributed by atoms with Crippen molar-refractivity contribution in [2.24, 2.45) is 17.3 Å². The highest BCUT2D eigenvalue weighted by atomic mass is 16.5. The van der Waals surface area contributed by atoms with Gasteiger partial charge in [0.2, 0.25) is 5.91 Å². The maximum absolute atomic E-state index is 12.8. The number of aliphatic hydroxyl groups is 1. The quantitative estimate of drug-likeness (QED) is 0.820. The molecule has 1 aliphatic carbocycles. The molecule has 22 heavy (non-hydrogen) atoms. The van der Waals surface area contributed by atoms with Crippen LogP contribution in [0, 0.1) is 17.3 Å². The number of nitrogens with zero attached hydrogens (tertiary/aromatic N) is 1. The Bertz CT molecular complexity index is 373. The minimum atomic E-state index is -0.252. The molecule has 3 unspecified atom stereocenters. The zero-order chi connectivity index (χ0) is 16.3. The molecule has 3 atom stereocenters. The molecule has 0 radical (unpaired) electrons. The average molecular weight is 311 g/mol. The van der Waals surface area contributed by atoms with Crippen LogP contribution in [0.5, 0.6) is 0 Å². The van der Waals surface area contributed by atoms with Gasteiger partial charge in [-0.05, 0) is 32.1 Å². The number of carbonyl (C=O) groups excluding carboxylic acids is 1. The minimum absolute atomic E-state index is 0.0924. The van der Waals surface area contributed by atoms with Gasteiger partial charge in [0, 0.05) is 37.5 Å². The summed E-state index contributed by atoms with van der Waals surface area (Å²) in [5, 5.41) is 10.2. The highest BCUT2D eigenvalue weighted by Gasteiger charge is 2.56. The van der Waals surface area contributed by atoms with Crippen molar-refractivity contribution in [1.29, 1.82) is 0 Å². The fourth-order valence-corrected chi connectivity index (χ4v) is 4.25. The highest BCUT2D eigenvalue weighted by molar-refractivity contribution is 5.79. The molecule has 128 valence electrons. The van der Waals surface area contributed by atoms with Crippen LogP contribution in [0.1, 0.15) is 59.8 Å². The summed E-state index contributed by atoms with van der Waals surface area (Å²) >= 11 is 0. The van der Waals surface area contributed by atoms with E-state index in [0.29, 0.717) is 18.4 Å². The summed E-state index contributed by atoms with van der Waals surface area (Å²) in [6, 6.07) is 0. The molecule has 0 aromatic heterocycles. The van der Waals surface area contributed by atoms with Gasteiger partial charge in [0.1, 0.15) is 0 Å². The predicted octanol–water partition coefficient (Wildman–Crippen LogP) is 2.84. The fourth-order valence-electron chi connectivity index (χ4n) is 4.25. The van der Waals surface area contributed by atoms with E-state index in [4.69, 9.17) is 4.74 Å². The third-order valence-electron chi connectivity index (χ3n) is 5.84. The van der Waals surface area contributed by atoms with E-state index < -0.39 is 0 Å². The van der Waals surface area contributed by atoms with Crippen LogP contribution in [-0.4, -0.2) is 47.8 Å². The molecule has 1 N–H and O–H groups in total. The summed E-state index contributed by atoms with van der Waals surface area (Å²) in [7, 11) is 0. The molecule has 1 spiro atoms. The van der Waals surface area contributed by atoms with E-state index in [1.807, 2.05) is 11.8 Å². The normalized spacial score (nSPS) is 28.7. The van der Waals surface area contributed by atoms with Crippen molar-refractivity contribution in [2.75, 3.05) is 19.7 Å². The topological polar surface area (TPSA) is 49.8 Å². The molecule has 2 aliphatic rings. The first-order chi connectivity index (χ1) is 10.5. The van der Waals surface area contributed by atoms with Crippen LogP contribution >= 0.6 is 0 Å². The lowest BCUT2D eigenvalue weighted by Crippen LogP contribution is -2.63. The first kappa shape index (κ1) is 17.7. The number of hydrogen-bond donors (Lipinski definition) is 1. The summed E-state index contributed by atoms with van der Waals surface area (Å²) in [6.07, 6.45) is 4.47. The Morgan fingerprint density at radius 2 is 1.95 bits per heavy atom. The van der Waals surface area contributed by atoms with Crippen molar-refractivity contribution in [3.8, 4) is 0 Å². The molecule has 4 nitrogen and oxygen atoms in total. The van der Waals surface area contributed by atoms with Gasteiger partial charge in [-0.1, -0.05) is 27.2 Å². The summed E-state index contributed by atoms with van der Waals surface area (Å²) in [5.74, 6) is 0.857. The SMILES string of the molecule is CCCC(C(=O)N1CCC2(CC1)C(O)CC2OCC)C(C)C. The van der Waals surface area contributed by atoms with Gasteiger partial charge in [-0.2, -0.15) is 0 Å². The number of carbonyl (C=O) groups is 1. The molecule has 1 saturated carbocycles. The Kier molecular flexibility index (Phi) is 5.89. The Balaban J connectivity index is 1.95. The van der Waals surface area contributed by atoms with Crippen LogP contribution in [0.2, 0.25) is 0 Å². The lowest BCUT2D eigenvalue weighted by molar-refractivity contribution is -0.210. The molecule has 0 aromatic rings. The zero-order valence-corrected chi connectivity index (χ0v) is 14.7. The Morgan fingerprint density at radius 3 is 2.41 bits per heavy atom. The van der Waals surface area contributed by atoms with Gasteiger partial charge in [-0.25, -0.2) is 0 Å². The molecule has 2 rings (SSSR count). The first-order valence-electron chi connectivity index (χ1n) is 9.04. The number of piperidine rings is 1.